The van der Waals surface area contributed by atoms with Gasteiger partial charge in [-0.2, -0.15) is 0 Å². The van der Waals surface area contributed by atoms with Crippen LogP contribution in [-0.4, -0.2) is 27.4 Å². The highest BCUT2D eigenvalue weighted by molar-refractivity contribution is 5.40. The third-order valence-electron chi connectivity index (χ3n) is 5.20. The maximum atomic E-state index is 5.47. The van der Waals surface area contributed by atoms with Crippen LogP contribution >= 0.6 is 0 Å². The molecule has 0 saturated heterocycles. The van der Waals surface area contributed by atoms with Crippen LogP contribution in [0.3, 0.4) is 0 Å². The molecule has 0 heterocycles. The average Bonchev–Trinajstić information content (AvgIpc) is 2.68. The van der Waals surface area contributed by atoms with Gasteiger partial charge in [0, 0.05) is 13.2 Å². The third kappa shape index (κ3) is 10.1. The van der Waals surface area contributed by atoms with Crippen molar-refractivity contribution < 1.29 is 14.2 Å². The van der Waals surface area contributed by atoms with Crippen molar-refractivity contribution in [3.05, 3.63) is 23.8 Å². The molecule has 0 aromatic heterocycles. The van der Waals surface area contributed by atoms with E-state index in [0.717, 1.165) is 17.9 Å². The first kappa shape index (κ1) is 22.8. The van der Waals surface area contributed by atoms with Crippen molar-refractivity contribution in [3.8, 4) is 11.5 Å². The number of benzene rings is 1. The van der Waals surface area contributed by atoms with Crippen molar-refractivity contribution in [2.24, 2.45) is 0 Å². The lowest BCUT2D eigenvalue weighted by atomic mass is 10.0. The predicted octanol–water partition coefficient (Wildman–Crippen LogP) is 6.57. The Hall–Kier alpha value is -1.22. The molecule has 0 saturated carbocycles. The molecule has 3 nitrogen and oxygen atoms in total. The number of methoxy groups -OCH3 is 3. The molecule has 1 aromatic carbocycles. The average molecular weight is 365 g/mol. The Labute approximate surface area is 161 Å². The van der Waals surface area contributed by atoms with Crippen molar-refractivity contribution in [1.82, 2.24) is 0 Å². The van der Waals surface area contributed by atoms with Crippen LogP contribution in [0.4, 0.5) is 0 Å². The second-order valence-electron chi connectivity index (χ2n) is 7.30. The zero-order chi connectivity index (χ0) is 19.0. The van der Waals surface area contributed by atoms with Crippen LogP contribution in [0, 0.1) is 0 Å². The summed E-state index contributed by atoms with van der Waals surface area (Å²) >= 11 is 0. The van der Waals surface area contributed by atoms with E-state index in [1.54, 1.807) is 21.3 Å². The van der Waals surface area contributed by atoms with Gasteiger partial charge in [-0.1, -0.05) is 63.9 Å². The fraction of sp³-hybridized carbons (Fsp3) is 0.739. The molecule has 0 N–H and O–H groups in total. The Bertz CT molecular complexity index is 459. The molecule has 0 spiro atoms. The molecule has 0 aliphatic heterocycles. The van der Waals surface area contributed by atoms with E-state index in [4.69, 9.17) is 14.2 Å². The summed E-state index contributed by atoms with van der Waals surface area (Å²) < 4.78 is 16.0. The first-order chi connectivity index (χ1) is 12.7. The monoisotopic (exact) mass is 364 g/mol. The summed E-state index contributed by atoms with van der Waals surface area (Å²) in [6.45, 7) is 2.16. The van der Waals surface area contributed by atoms with Crippen LogP contribution in [0.2, 0.25) is 0 Å². The van der Waals surface area contributed by atoms with Crippen LogP contribution in [-0.2, 0) is 11.2 Å². The van der Waals surface area contributed by atoms with Crippen molar-refractivity contribution in [2.75, 3.05) is 21.3 Å². The summed E-state index contributed by atoms with van der Waals surface area (Å²) in [5, 5.41) is 0. The standard InChI is InChI=1S/C23H40O3/c1-20(24-2)15-13-11-9-7-5-6-8-10-12-14-16-21-17-18-22(25-3)19-23(21)26-4/h17-20H,5-16H2,1-4H3. The molecule has 1 unspecified atom stereocenters. The molecule has 0 amide bonds. The van der Waals surface area contributed by atoms with Crippen molar-refractivity contribution >= 4 is 0 Å². The first-order valence-electron chi connectivity index (χ1n) is 10.4. The fourth-order valence-corrected chi connectivity index (χ4v) is 3.34. The summed E-state index contributed by atoms with van der Waals surface area (Å²) in [6, 6.07) is 6.13. The molecule has 0 fully saturated rings. The molecule has 1 atom stereocenters. The Morgan fingerprint density at radius 2 is 1.31 bits per heavy atom. The van der Waals surface area contributed by atoms with Crippen molar-refractivity contribution in [1.29, 1.82) is 0 Å². The van der Waals surface area contributed by atoms with Crippen LogP contribution in [0.5, 0.6) is 11.5 Å². The summed E-state index contributed by atoms with van der Waals surface area (Å²) in [7, 11) is 5.23. The van der Waals surface area contributed by atoms with Crippen molar-refractivity contribution in [2.45, 2.75) is 90.1 Å². The minimum atomic E-state index is 0.424. The summed E-state index contributed by atoms with van der Waals surface area (Å²) in [5.74, 6) is 1.81. The molecule has 0 aliphatic carbocycles. The number of ether oxygens (including phenoxy) is 3. The highest BCUT2D eigenvalue weighted by Gasteiger charge is 2.04. The molecule has 26 heavy (non-hydrogen) atoms. The van der Waals surface area contributed by atoms with E-state index in [0.29, 0.717) is 6.10 Å². The summed E-state index contributed by atoms with van der Waals surface area (Å²) in [4.78, 5) is 0. The summed E-state index contributed by atoms with van der Waals surface area (Å²) in [6.07, 6.45) is 16.2. The van der Waals surface area contributed by atoms with Crippen LogP contribution in [0.25, 0.3) is 0 Å². The molecule has 0 radical (unpaired) electrons. The van der Waals surface area contributed by atoms with Gasteiger partial charge in [0.1, 0.15) is 11.5 Å². The minimum absolute atomic E-state index is 0.424. The molecule has 3 heteroatoms. The number of unbranched alkanes of at least 4 members (excludes halogenated alkanes) is 9. The Balaban J connectivity index is 1.97. The molecular weight excluding hydrogens is 324 g/mol. The lowest BCUT2D eigenvalue weighted by Gasteiger charge is -2.10. The fourth-order valence-electron chi connectivity index (χ4n) is 3.34. The zero-order valence-corrected chi connectivity index (χ0v) is 17.5. The summed E-state index contributed by atoms with van der Waals surface area (Å²) in [5.41, 5.74) is 1.29. The molecule has 0 aliphatic rings. The highest BCUT2D eigenvalue weighted by atomic mass is 16.5. The van der Waals surface area contributed by atoms with Crippen molar-refractivity contribution in [3.63, 3.8) is 0 Å². The van der Waals surface area contributed by atoms with Gasteiger partial charge in [-0.3, -0.25) is 0 Å². The second-order valence-corrected chi connectivity index (χ2v) is 7.30. The van der Waals surface area contributed by atoms with E-state index in [-0.39, 0.29) is 0 Å². The topological polar surface area (TPSA) is 27.7 Å². The molecular formula is C23H40O3. The van der Waals surface area contributed by atoms with Gasteiger partial charge >= 0.3 is 0 Å². The maximum absolute atomic E-state index is 5.47. The van der Waals surface area contributed by atoms with Gasteiger partial charge < -0.3 is 14.2 Å². The zero-order valence-electron chi connectivity index (χ0n) is 17.5. The normalized spacial score (nSPS) is 12.2. The quantitative estimate of drug-likeness (QED) is 0.310. The van der Waals surface area contributed by atoms with E-state index in [2.05, 4.69) is 13.0 Å². The maximum Gasteiger partial charge on any atom is 0.125 e. The van der Waals surface area contributed by atoms with Gasteiger partial charge in [0.15, 0.2) is 0 Å². The third-order valence-corrected chi connectivity index (χ3v) is 5.20. The molecule has 150 valence electrons. The van der Waals surface area contributed by atoms with Gasteiger partial charge in [0.25, 0.3) is 0 Å². The first-order valence-corrected chi connectivity index (χ1v) is 10.4. The van der Waals surface area contributed by atoms with E-state index >= 15 is 0 Å². The number of rotatable bonds is 16. The highest BCUT2D eigenvalue weighted by Crippen LogP contribution is 2.26. The Kier molecular flexibility index (Phi) is 13.1. The van der Waals surface area contributed by atoms with E-state index < -0.39 is 0 Å². The minimum Gasteiger partial charge on any atom is -0.497 e. The van der Waals surface area contributed by atoms with Gasteiger partial charge in [0.05, 0.1) is 20.3 Å². The lowest BCUT2D eigenvalue weighted by molar-refractivity contribution is 0.108. The molecule has 1 rings (SSSR count). The van der Waals surface area contributed by atoms with E-state index in [9.17, 15) is 0 Å². The molecule has 0 bridgehead atoms. The van der Waals surface area contributed by atoms with Gasteiger partial charge in [-0.05, 0) is 37.8 Å². The van der Waals surface area contributed by atoms with Gasteiger partial charge in [-0.15, -0.1) is 0 Å². The largest absolute Gasteiger partial charge is 0.497 e. The predicted molar refractivity (Wildman–Crippen MR) is 111 cm³/mol. The van der Waals surface area contributed by atoms with Crippen LogP contribution < -0.4 is 9.47 Å². The molecule has 1 aromatic rings. The SMILES string of the molecule is COc1ccc(CCCCCCCCCCCCC(C)OC)c(OC)c1. The lowest BCUT2D eigenvalue weighted by Crippen LogP contribution is -2.03. The van der Waals surface area contributed by atoms with E-state index in [1.807, 2.05) is 12.1 Å². The second kappa shape index (κ2) is 14.9. The number of hydrogen-bond donors (Lipinski definition) is 0. The van der Waals surface area contributed by atoms with Gasteiger partial charge in [0.2, 0.25) is 0 Å². The smallest absolute Gasteiger partial charge is 0.125 e. The number of hydrogen-bond acceptors (Lipinski definition) is 3. The van der Waals surface area contributed by atoms with Crippen LogP contribution in [0.15, 0.2) is 18.2 Å². The van der Waals surface area contributed by atoms with Crippen LogP contribution in [0.1, 0.15) is 83.1 Å². The Morgan fingerprint density at radius 3 is 1.85 bits per heavy atom. The van der Waals surface area contributed by atoms with E-state index in [1.165, 1.54) is 76.2 Å². The Morgan fingerprint density at radius 1 is 0.731 bits per heavy atom. The number of aryl methyl sites for hydroxylation is 1. The van der Waals surface area contributed by atoms with Gasteiger partial charge in [-0.25, -0.2) is 0 Å².